The Balaban J connectivity index is 1.88. The molecule has 2 heteroatoms. The molecule has 0 fully saturated rings. The van der Waals surface area contributed by atoms with Crippen molar-refractivity contribution in [2.45, 2.75) is 25.8 Å². The first-order chi connectivity index (χ1) is 9.40. The average molecular weight is 269 g/mol. The molecule has 0 saturated heterocycles. The Morgan fingerprint density at radius 1 is 1.16 bits per heavy atom. The molecule has 1 N–H and O–H groups in total. The van der Waals surface area contributed by atoms with Crippen molar-refractivity contribution in [3.05, 3.63) is 58.3 Å². The van der Waals surface area contributed by atoms with Crippen molar-refractivity contribution in [1.29, 1.82) is 0 Å². The summed E-state index contributed by atoms with van der Waals surface area (Å²) in [5.41, 5.74) is 1.08. The van der Waals surface area contributed by atoms with Gasteiger partial charge in [0.15, 0.2) is 0 Å². The van der Waals surface area contributed by atoms with Crippen LogP contribution in [0.5, 0.6) is 0 Å². The van der Waals surface area contributed by atoms with Crippen LogP contribution in [0.1, 0.15) is 36.2 Å². The molecule has 0 saturated carbocycles. The average Bonchev–Trinajstić information content (AvgIpc) is 2.97. The number of rotatable bonds is 5. The van der Waals surface area contributed by atoms with Crippen molar-refractivity contribution in [2.24, 2.45) is 0 Å². The number of thiophene rings is 1. The summed E-state index contributed by atoms with van der Waals surface area (Å²) in [5, 5.41) is 5.66. The van der Waals surface area contributed by atoms with E-state index in [2.05, 4.69) is 41.6 Å². The molecule has 19 heavy (non-hydrogen) atoms. The van der Waals surface area contributed by atoms with Gasteiger partial charge in [0, 0.05) is 16.5 Å². The topological polar surface area (TPSA) is 12.0 Å². The third-order valence-corrected chi connectivity index (χ3v) is 3.89. The SMILES string of the molecule is CCCC(NCC#Cc1ccccc1)c1cccs1. The first kappa shape index (κ1) is 13.9. The van der Waals surface area contributed by atoms with Gasteiger partial charge in [-0.1, -0.05) is 49.5 Å². The van der Waals surface area contributed by atoms with Gasteiger partial charge in [-0.3, -0.25) is 5.32 Å². The normalized spacial score (nSPS) is 11.6. The summed E-state index contributed by atoms with van der Waals surface area (Å²) < 4.78 is 0. The second-order valence-electron chi connectivity index (χ2n) is 4.41. The first-order valence-electron chi connectivity index (χ1n) is 6.71. The molecule has 2 rings (SSSR count). The summed E-state index contributed by atoms with van der Waals surface area (Å²) in [7, 11) is 0. The fourth-order valence-corrected chi connectivity index (χ4v) is 2.80. The van der Waals surface area contributed by atoms with Crippen molar-refractivity contribution in [3.8, 4) is 11.8 Å². The lowest BCUT2D eigenvalue weighted by atomic mass is 10.1. The van der Waals surface area contributed by atoms with Crippen LogP contribution < -0.4 is 5.32 Å². The summed E-state index contributed by atoms with van der Waals surface area (Å²) in [6.07, 6.45) is 2.34. The second kappa shape index (κ2) is 7.78. The monoisotopic (exact) mass is 269 g/mol. The van der Waals surface area contributed by atoms with Crippen molar-refractivity contribution in [1.82, 2.24) is 5.32 Å². The maximum absolute atomic E-state index is 3.53. The van der Waals surface area contributed by atoms with Crippen molar-refractivity contribution in [2.75, 3.05) is 6.54 Å². The Morgan fingerprint density at radius 3 is 2.68 bits per heavy atom. The van der Waals surface area contributed by atoms with Crippen molar-refractivity contribution >= 4 is 11.3 Å². The Labute approximate surface area is 119 Å². The molecule has 0 aliphatic rings. The molecule has 0 aliphatic heterocycles. The number of hydrogen-bond acceptors (Lipinski definition) is 2. The predicted octanol–water partition coefficient (Wildman–Crippen LogP) is 4.23. The van der Waals surface area contributed by atoms with Crippen LogP contribution in [0.25, 0.3) is 0 Å². The molecule has 1 unspecified atom stereocenters. The number of benzene rings is 1. The Morgan fingerprint density at radius 2 is 2.00 bits per heavy atom. The summed E-state index contributed by atoms with van der Waals surface area (Å²) >= 11 is 1.81. The largest absolute Gasteiger partial charge is 0.299 e. The van der Waals surface area contributed by atoms with Gasteiger partial charge in [-0.25, -0.2) is 0 Å². The van der Waals surface area contributed by atoms with E-state index < -0.39 is 0 Å². The minimum atomic E-state index is 0.440. The molecule has 1 nitrogen and oxygen atoms in total. The predicted molar refractivity (Wildman–Crippen MR) is 83.3 cm³/mol. The lowest BCUT2D eigenvalue weighted by molar-refractivity contribution is 0.532. The highest BCUT2D eigenvalue weighted by Crippen LogP contribution is 2.22. The van der Waals surface area contributed by atoms with Gasteiger partial charge in [-0.05, 0) is 30.0 Å². The maximum atomic E-state index is 3.53. The molecule has 1 aromatic heterocycles. The number of hydrogen-bond donors (Lipinski definition) is 1. The van der Waals surface area contributed by atoms with Crippen LogP contribution in [-0.4, -0.2) is 6.54 Å². The fourth-order valence-electron chi connectivity index (χ4n) is 1.97. The quantitative estimate of drug-likeness (QED) is 0.801. The van der Waals surface area contributed by atoms with E-state index in [9.17, 15) is 0 Å². The Hall–Kier alpha value is -1.56. The molecule has 1 aromatic carbocycles. The van der Waals surface area contributed by atoms with Gasteiger partial charge in [0.2, 0.25) is 0 Å². The summed E-state index contributed by atoms with van der Waals surface area (Å²) in [4.78, 5) is 1.41. The highest BCUT2D eigenvalue weighted by atomic mass is 32.1. The van der Waals surface area contributed by atoms with E-state index in [1.807, 2.05) is 41.7 Å². The maximum Gasteiger partial charge on any atom is 0.0585 e. The van der Waals surface area contributed by atoms with E-state index in [1.165, 1.54) is 11.3 Å². The van der Waals surface area contributed by atoms with Gasteiger partial charge in [-0.15, -0.1) is 11.3 Å². The lowest BCUT2D eigenvalue weighted by Crippen LogP contribution is -2.20. The van der Waals surface area contributed by atoms with E-state index in [-0.39, 0.29) is 0 Å². The van der Waals surface area contributed by atoms with Gasteiger partial charge < -0.3 is 0 Å². The molecule has 0 bridgehead atoms. The van der Waals surface area contributed by atoms with Gasteiger partial charge in [0.25, 0.3) is 0 Å². The summed E-state index contributed by atoms with van der Waals surface area (Å²) in [6, 6.07) is 14.9. The van der Waals surface area contributed by atoms with E-state index in [1.54, 1.807) is 0 Å². The Bertz CT molecular complexity index is 519. The second-order valence-corrected chi connectivity index (χ2v) is 5.38. The number of nitrogens with one attached hydrogen (secondary N) is 1. The van der Waals surface area contributed by atoms with Crippen molar-refractivity contribution in [3.63, 3.8) is 0 Å². The summed E-state index contributed by atoms with van der Waals surface area (Å²) in [5.74, 6) is 6.37. The minimum Gasteiger partial charge on any atom is -0.299 e. The van der Waals surface area contributed by atoms with E-state index in [0.717, 1.165) is 18.5 Å². The molecule has 0 spiro atoms. The molecular formula is C17H19NS. The lowest BCUT2D eigenvalue weighted by Gasteiger charge is -2.14. The fraction of sp³-hybridized carbons (Fsp3) is 0.294. The van der Waals surface area contributed by atoms with Crippen LogP contribution in [0, 0.1) is 11.8 Å². The summed E-state index contributed by atoms with van der Waals surface area (Å²) in [6.45, 7) is 2.95. The van der Waals surface area contributed by atoms with Gasteiger partial charge in [0.1, 0.15) is 0 Å². The van der Waals surface area contributed by atoms with Gasteiger partial charge in [-0.2, -0.15) is 0 Å². The first-order valence-corrected chi connectivity index (χ1v) is 7.59. The van der Waals surface area contributed by atoms with Crippen LogP contribution in [0.15, 0.2) is 47.8 Å². The van der Waals surface area contributed by atoms with Crippen LogP contribution in [-0.2, 0) is 0 Å². The third kappa shape index (κ3) is 4.55. The third-order valence-electron chi connectivity index (χ3n) is 2.91. The molecule has 1 heterocycles. The molecular weight excluding hydrogens is 250 g/mol. The van der Waals surface area contributed by atoms with Gasteiger partial charge >= 0.3 is 0 Å². The standard InChI is InChI=1S/C17H19NS/c1-2-8-16(17-12-7-14-19-17)18-13-6-11-15-9-4-3-5-10-15/h3-5,7,9-10,12,14,16,18H,2,8,13H2,1H3. The highest BCUT2D eigenvalue weighted by molar-refractivity contribution is 7.10. The molecule has 2 aromatic rings. The van der Waals surface area contributed by atoms with E-state index in [0.29, 0.717) is 6.04 Å². The zero-order valence-electron chi connectivity index (χ0n) is 11.2. The molecule has 0 radical (unpaired) electrons. The van der Waals surface area contributed by atoms with E-state index >= 15 is 0 Å². The van der Waals surface area contributed by atoms with Crippen molar-refractivity contribution < 1.29 is 0 Å². The minimum absolute atomic E-state index is 0.440. The molecule has 1 atom stereocenters. The van der Waals surface area contributed by atoms with Crippen LogP contribution >= 0.6 is 11.3 Å². The molecule has 98 valence electrons. The zero-order chi connectivity index (χ0) is 13.3. The van der Waals surface area contributed by atoms with E-state index in [4.69, 9.17) is 0 Å². The van der Waals surface area contributed by atoms with Gasteiger partial charge in [0.05, 0.1) is 6.54 Å². The highest BCUT2D eigenvalue weighted by Gasteiger charge is 2.09. The molecule has 0 aliphatic carbocycles. The van der Waals surface area contributed by atoms with Crippen LogP contribution in [0.4, 0.5) is 0 Å². The zero-order valence-corrected chi connectivity index (χ0v) is 12.0. The van der Waals surface area contributed by atoms with Crippen LogP contribution in [0.3, 0.4) is 0 Å². The smallest absolute Gasteiger partial charge is 0.0585 e. The Kier molecular flexibility index (Phi) is 5.68. The van der Waals surface area contributed by atoms with Crippen LogP contribution in [0.2, 0.25) is 0 Å². The molecule has 0 amide bonds.